The van der Waals surface area contributed by atoms with E-state index in [4.69, 9.17) is 0 Å². The quantitative estimate of drug-likeness (QED) is 0.460. The number of anilines is 2. The standard InChI is InChI=1S/C25H22NP/c1-20-12-11-19-24(26-21-13-5-2-6-14-21)25(20)27(22-15-7-3-8-16-22)23-17-9-4-10-18-23/h2-19,26H,1H3. The van der Waals surface area contributed by atoms with Crippen LogP contribution >= 0.6 is 7.92 Å². The van der Waals surface area contributed by atoms with Gasteiger partial charge < -0.3 is 5.32 Å². The molecule has 0 aliphatic carbocycles. The second-order valence-corrected chi connectivity index (χ2v) is 8.62. The van der Waals surface area contributed by atoms with Crippen LogP contribution in [0.3, 0.4) is 0 Å². The number of hydrogen-bond donors (Lipinski definition) is 1. The molecule has 0 heterocycles. The SMILES string of the molecule is Cc1cccc(Nc2ccccc2)c1P(c1ccccc1)c1ccccc1. The molecule has 0 saturated heterocycles. The van der Waals surface area contributed by atoms with Crippen molar-refractivity contribution in [2.75, 3.05) is 5.32 Å². The molecule has 0 aliphatic heterocycles. The molecule has 0 aromatic heterocycles. The first-order valence-corrected chi connectivity index (χ1v) is 10.5. The lowest BCUT2D eigenvalue weighted by atomic mass is 10.2. The lowest BCUT2D eigenvalue weighted by Gasteiger charge is -2.24. The van der Waals surface area contributed by atoms with Crippen LogP contribution in [-0.4, -0.2) is 0 Å². The molecular formula is C25H22NP. The summed E-state index contributed by atoms with van der Waals surface area (Å²) in [7, 11) is -0.646. The van der Waals surface area contributed by atoms with Crippen molar-refractivity contribution < 1.29 is 0 Å². The molecule has 0 spiro atoms. The van der Waals surface area contributed by atoms with Gasteiger partial charge in [-0.3, -0.25) is 0 Å². The zero-order chi connectivity index (χ0) is 18.5. The molecule has 4 aromatic rings. The lowest BCUT2D eigenvalue weighted by molar-refractivity contribution is 1.49. The van der Waals surface area contributed by atoms with Gasteiger partial charge in [-0.05, 0) is 49.2 Å². The highest BCUT2D eigenvalue weighted by molar-refractivity contribution is 7.80. The van der Waals surface area contributed by atoms with E-state index in [0.29, 0.717) is 0 Å². The summed E-state index contributed by atoms with van der Waals surface area (Å²) >= 11 is 0. The zero-order valence-corrected chi connectivity index (χ0v) is 16.2. The van der Waals surface area contributed by atoms with Crippen LogP contribution in [0.1, 0.15) is 5.56 Å². The summed E-state index contributed by atoms with van der Waals surface area (Å²) in [5, 5.41) is 7.76. The van der Waals surface area contributed by atoms with Gasteiger partial charge in [-0.1, -0.05) is 91.0 Å². The average molecular weight is 367 g/mol. The summed E-state index contributed by atoms with van der Waals surface area (Å²) in [5.41, 5.74) is 3.61. The Kier molecular flexibility index (Phi) is 5.32. The van der Waals surface area contributed by atoms with Crippen LogP contribution in [0, 0.1) is 6.92 Å². The summed E-state index contributed by atoms with van der Waals surface area (Å²) in [5.74, 6) is 0. The number of para-hydroxylation sites is 1. The van der Waals surface area contributed by atoms with E-state index in [1.165, 1.54) is 27.2 Å². The monoisotopic (exact) mass is 367 g/mol. The van der Waals surface area contributed by atoms with E-state index in [0.717, 1.165) is 5.69 Å². The maximum Gasteiger partial charge on any atom is 0.0471 e. The number of benzene rings is 4. The number of hydrogen-bond acceptors (Lipinski definition) is 1. The Morgan fingerprint density at radius 2 is 1.07 bits per heavy atom. The van der Waals surface area contributed by atoms with Gasteiger partial charge in [0.05, 0.1) is 0 Å². The molecule has 1 N–H and O–H groups in total. The fraction of sp³-hybridized carbons (Fsp3) is 0.0400. The van der Waals surface area contributed by atoms with Gasteiger partial charge in [0.1, 0.15) is 0 Å². The minimum Gasteiger partial charge on any atom is -0.355 e. The molecule has 0 saturated carbocycles. The van der Waals surface area contributed by atoms with Crippen molar-refractivity contribution in [2.45, 2.75) is 6.92 Å². The second kappa shape index (κ2) is 8.20. The van der Waals surface area contributed by atoms with Crippen molar-refractivity contribution in [3.05, 3.63) is 115 Å². The molecule has 1 nitrogen and oxygen atoms in total. The van der Waals surface area contributed by atoms with Crippen LogP contribution in [0.15, 0.2) is 109 Å². The van der Waals surface area contributed by atoms with Crippen molar-refractivity contribution in [3.63, 3.8) is 0 Å². The molecule has 0 unspecified atom stereocenters. The second-order valence-electron chi connectivity index (χ2n) is 6.47. The van der Waals surface area contributed by atoms with Gasteiger partial charge in [0.25, 0.3) is 0 Å². The Morgan fingerprint density at radius 1 is 0.556 bits per heavy atom. The van der Waals surface area contributed by atoms with Gasteiger partial charge in [-0.25, -0.2) is 0 Å². The van der Waals surface area contributed by atoms with Crippen molar-refractivity contribution in [1.29, 1.82) is 0 Å². The van der Waals surface area contributed by atoms with Gasteiger partial charge in [0.2, 0.25) is 0 Å². The molecule has 0 amide bonds. The van der Waals surface area contributed by atoms with Crippen LogP contribution in [0.2, 0.25) is 0 Å². The lowest BCUT2D eigenvalue weighted by Crippen LogP contribution is -2.24. The third-order valence-corrected chi connectivity index (χ3v) is 7.21. The Labute approximate surface area is 162 Å². The van der Waals surface area contributed by atoms with E-state index in [2.05, 4.69) is 115 Å². The van der Waals surface area contributed by atoms with E-state index < -0.39 is 7.92 Å². The maximum absolute atomic E-state index is 3.65. The number of aryl methyl sites for hydroxylation is 1. The smallest absolute Gasteiger partial charge is 0.0471 e. The Morgan fingerprint density at radius 3 is 1.63 bits per heavy atom. The van der Waals surface area contributed by atoms with Crippen molar-refractivity contribution >= 4 is 35.2 Å². The van der Waals surface area contributed by atoms with Gasteiger partial charge in [0, 0.05) is 16.7 Å². The maximum atomic E-state index is 3.65. The van der Waals surface area contributed by atoms with Gasteiger partial charge in [-0.15, -0.1) is 0 Å². The molecule has 4 rings (SSSR count). The van der Waals surface area contributed by atoms with E-state index in [9.17, 15) is 0 Å². The van der Waals surface area contributed by atoms with Crippen LogP contribution in [0.5, 0.6) is 0 Å². The van der Waals surface area contributed by atoms with E-state index in [-0.39, 0.29) is 0 Å². The molecule has 0 fully saturated rings. The number of nitrogens with one attached hydrogen (secondary N) is 1. The fourth-order valence-electron chi connectivity index (χ4n) is 3.30. The van der Waals surface area contributed by atoms with Gasteiger partial charge in [-0.2, -0.15) is 0 Å². The van der Waals surface area contributed by atoms with Crippen LogP contribution in [-0.2, 0) is 0 Å². The van der Waals surface area contributed by atoms with E-state index >= 15 is 0 Å². The third kappa shape index (κ3) is 3.94. The predicted molar refractivity (Wildman–Crippen MR) is 120 cm³/mol. The first-order valence-electron chi connectivity index (χ1n) is 9.15. The summed E-state index contributed by atoms with van der Waals surface area (Å²) in [6, 6.07) is 38.6. The van der Waals surface area contributed by atoms with Crippen molar-refractivity contribution in [3.8, 4) is 0 Å². The van der Waals surface area contributed by atoms with Gasteiger partial charge >= 0.3 is 0 Å². The van der Waals surface area contributed by atoms with E-state index in [1.807, 2.05) is 6.07 Å². The molecule has 0 bridgehead atoms. The summed E-state index contributed by atoms with van der Waals surface area (Å²) in [6.07, 6.45) is 0. The largest absolute Gasteiger partial charge is 0.355 e. The molecule has 132 valence electrons. The van der Waals surface area contributed by atoms with Crippen molar-refractivity contribution in [1.82, 2.24) is 0 Å². The zero-order valence-electron chi connectivity index (χ0n) is 15.3. The number of rotatable bonds is 5. The third-order valence-electron chi connectivity index (χ3n) is 4.54. The molecule has 0 atom stereocenters. The Hall–Kier alpha value is -2.89. The van der Waals surface area contributed by atoms with Gasteiger partial charge in [0.15, 0.2) is 0 Å². The first kappa shape index (κ1) is 17.5. The molecule has 2 heteroatoms. The highest BCUT2D eigenvalue weighted by atomic mass is 31.1. The predicted octanol–water partition coefficient (Wildman–Crippen LogP) is 5.50. The van der Waals surface area contributed by atoms with Crippen molar-refractivity contribution in [2.24, 2.45) is 0 Å². The fourth-order valence-corrected chi connectivity index (χ4v) is 5.85. The summed E-state index contributed by atoms with van der Waals surface area (Å²) in [6.45, 7) is 2.22. The van der Waals surface area contributed by atoms with Crippen LogP contribution in [0.4, 0.5) is 11.4 Å². The normalized spacial score (nSPS) is 10.7. The molecule has 27 heavy (non-hydrogen) atoms. The van der Waals surface area contributed by atoms with Crippen LogP contribution in [0.25, 0.3) is 0 Å². The molecule has 4 aromatic carbocycles. The van der Waals surface area contributed by atoms with Crippen LogP contribution < -0.4 is 21.2 Å². The molecule has 0 radical (unpaired) electrons. The minimum absolute atomic E-state index is 0.646. The van der Waals surface area contributed by atoms with E-state index in [1.54, 1.807) is 0 Å². The Bertz CT molecular complexity index is 959. The highest BCUT2D eigenvalue weighted by Crippen LogP contribution is 2.37. The summed E-state index contributed by atoms with van der Waals surface area (Å²) < 4.78 is 0. The summed E-state index contributed by atoms with van der Waals surface area (Å²) in [4.78, 5) is 0. The Balaban J connectivity index is 1.88. The average Bonchev–Trinajstić information content (AvgIpc) is 2.73. The highest BCUT2D eigenvalue weighted by Gasteiger charge is 2.21. The topological polar surface area (TPSA) is 12.0 Å². The first-order chi connectivity index (χ1) is 13.3. The molecular weight excluding hydrogens is 345 g/mol. The molecule has 0 aliphatic rings. The minimum atomic E-state index is -0.646.